The highest BCUT2D eigenvalue weighted by atomic mass is 19.1. The first-order valence-electron chi connectivity index (χ1n) is 6.43. The zero-order valence-corrected chi connectivity index (χ0v) is 11.3. The zero-order chi connectivity index (χ0) is 13.4. The van der Waals surface area contributed by atoms with Crippen molar-refractivity contribution in [3.8, 4) is 5.75 Å². The molecule has 3 heteroatoms. The summed E-state index contributed by atoms with van der Waals surface area (Å²) in [6.45, 7) is 4.11. The minimum Gasteiger partial charge on any atom is -0.494 e. The predicted octanol–water partition coefficient (Wildman–Crippen LogP) is 3.32. The van der Waals surface area contributed by atoms with Gasteiger partial charge in [-0.1, -0.05) is 26.0 Å². The molecular weight excluding hydrogens is 231 g/mol. The molecule has 1 atom stereocenters. The Morgan fingerprint density at radius 1 is 1.33 bits per heavy atom. The smallest absolute Gasteiger partial charge is 0.168 e. The molecule has 0 radical (unpaired) electrons. The van der Waals surface area contributed by atoms with Gasteiger partial charge in [-0.15, -0.1) is 0 Å². The molecule has 0 amide bonds. The van der Waals surface area contributed by atoms with E-state index in [2.05, 4.69) is 13.8 Å². The molecule has 0 saturated heterocycles. The highest BCUT2D eigenvalue weighted by molar-refractivity contribution is 5.32. The van der Waals surface area contributed by atoms with Crippen LogP contribution in [0, 0.1) is 11.2 Å². The molecule has 2 rings (SSSR count). The Hall–Kier alpha value is -1.09. The van der Waals surface area contributed by atoms with Crippen LogP contribution in [0.2, 0.25) is 0 Å². The second-order valence-electron chi connectivity index (χ2n) is 5.88. The van der Waals surface area contributed by atoms with Gasteiger partial charge in [-0.3, -0.25) is 0 Å². The Morgan fingerprint density at radius 2 is 2.06 bits per heavy atom. The molecule has 0 heterocycles. The van der Waals surface area contributed by atoms with E-state index in [0.29, 0.717) is 12.0 Å². The van der Waals surface area contributed by atoms with Crippen LogP contribution in [0.25, 0.3) is 0 Å². The van der Waals surface area contributed by atoms with Crippen LogP contribution in [0.4, 0.5) is 4.39 Å². The van der Waals surface area contributed by atoms with E-state index in [1.54, 1.807) is 18.2 Å². The van der Waals surface area contributed by atoms with E-state index in [1.165, 1.54) is 7.11 Å². The minimum atomic E-state index is -0.819. The van der Waals surface area contributed by atoms with E-state index in [4.69, 9.17) is 4.74 Å². The van der Waals surface area contributed by atoms with E-state index >= 15 is 0 Å². The summed E-state index contributed by atoms with van der Waals surface area (Å²) in [5, 5.41) is 10.8. The Kier molecular flexibility index (Phi) is 3.37. The molecule has 0 aromatic heterocycles. The molecule has 1 aromatic rings. The fourth-order valence-electron chi connectivity index (χ4n) is 2.89. The summed E-state index contributed by atoms with van der Waals surface area (Å²) in [6.07, 6.45) is 3.06. The van der Waals surface area contributed by atoms with Crippen molar-refractivity contribution in [1.29, 1.82) is 0 Å². The van der Waals surface area contributed by atoms with Crippen molar-refractivity contribution in [3.05, 3.63) is 29.6 Å². The third kappa shape index (κ3) is 2.12. The van der Waals surface area contributed by atoms with Gasteiger partial charge in [-0.25, -0.2) is 4.39 Å². The summed E-state index contributed by atoms with van der Waals surface area (Å²) < 4.78 is 19.1. The zero-order valence-electron chi connectivity index (χ0n) is 11.3. The summed E-state index contributed by atoms with van der Waals surface area (Å²) >= 11 is 0. The SMILES string of the molecule is COc1cccc(CC2(O)CCCC2(C)C)c1F. The lowest BCUT2D eigenvalue weighted by atomic mass is 9.74. The molecule has 1 N–H and O–H groups in total. The van der Waals surface area contributed by atoms with Crippen molar-refractivity contribution in [3.63, 3.8) is 0 Å². The van der Waals surface area contributed by atoms with E-state index in [9.17, 15) is 9.50 Å². The highest BCUT2D eigenvalue weighted by Gasteiger charge is 2.47. The predicted molar refractivity (Wildman–Crippen MR) is 69.2 cm³/mol. The largest absolute Gasteiger partial charge is 0.494 e. The van der Waals surface area contributed by atoms with Gasteiger partial charge in [-0.05, 0) is 36.3 Å². The van der Waals surface area contributed by atoms with Crippen LogP contribution >= 0.6 is 0 Å². The Morgan fingerprint density at radius 3 is 2.61 bits per heavy atom. The molecule has 0 spiro atoms. The Balaban J connectivity index is 2.29. The Labute approximate surface area is 108 Å². The maximum Gasteiger partial charge on any atom is 0.168 e. The molecule has 1 fully saturated rings. The Bertz CT molecular complexity index is 442. The van der Waals surface area contributed by atoms with Crippen molar-refractivity contribution in [2.45, 2.75) is 45.1 Å². The quantitative estimate of drug-likeness (QED) is 0.894. The first-order chi connectivity index (χ1) is 8.39. The fraction of sp³-hybridized carbons (Fsp3) is 0.600. The molecule has 0 bridgehead atoms. The van der Waals surface area contributed by atoms with Crippen LogP contribution in [0.5, 0.6) is 5.75 Å². The van der Waals surface area contributed by atoms with E-state index in [0.717, 1.165) is 19.3 Å². The summed E-state index contributed by atoms with van der Waals surface area (Å²) in [6, 6.07) is 5.09. The average Bonchev–Trinajstić information content (AvgIpc) is 2.56. The summed E-state index contributed by atoms with van der Waals surface area (Å²) in [4.78, 5) is 0. The van der Waals surface area contributed by atoms with Gasteiger partial charge in [0.15, 0.2) is 11.6 Å². The first-order valence-corrected chi connectivity index (χ1v) is 6.43. The van der Waals surface area contributed by atoms with Gasteiger partial charge >= 0.3 is 0 Å². The number of ether oxygens (including phenoxy) is 1. The number of rotatable bonds is 3. The average molecular weight is 252 g/mol. The van der Waals surface area contributed by atoms with Gasteiger partial charge in [0.25, 0.3) is 0 Å². The van der Waals surface area contributed by atoms with Crippen LogP contribution < -0.4 is 4.74 Å². The van der Waals surface area contributed by atoms with Gasteiger partial charge in [0, 0.05) is 6.42 Å². The van der Waals surface area contributed by atoms with Gasteiger partial charge in [0.05, 0.1) is 12.7 Å². The molecule has 1 aromatic carbocycles. The molecule has 0 aliphatic heterocycles. The third-order valence-electron chi connectivity index (χ3n) is 4.40. The molecular formula is C15H21FO2. The fourth-order valence-corrected chi connectivity index (χ4v) is 2.89. The number of hydrogen-bond acceptors (Lipinski definition) is 2. The maximum atomic E-state index is 14.1. The van der Waals surface area contributed by atoms with Crippen LogP contribution in [0.15, 0.2) is 18.2 Å². The molecule has 2 nitrogen and oxygen atoms in total. The normalized spacial score (nSPS) is 26.3. The number of hydrogen-bond donors (Lipinski definition) is 1. The molecule has 1 saturated carbocycles. The maximum absolute atomic E-state index is 14.1. The second kappa shape index (κ2) is 4.54. The summed E-state index contributed by atoms with van der Waals surface area (Å²) in [7, 11) is 1.45. The monoisotopic (exact) mass is 252 g/mol. The lowest BCUT2D eigenvalue weighted by Crippen LogP contribution is -2.42. The number of aliphatic hydroxyl groups is 1. The van der Waals surface area contributed by atoms with E-state index in [-0.39, 0.29) is 17.0 Å². The molecule has 1 aliphatic rings. The van der Waals surface area contributed by atoms with Gasteiger partial charge in [0.1, 0.15) is 0 Å². The number of benzene rings is 1. The minimum absolute atomic E-state index is 0.164. The molecule has 1 unspecified atom stereocenters. The van der Waals surface area contributed by atoms with Crippen LogP contribution in [-0.2, 0) is 6.42 Å². The molecule has 100 valence electrons. The van der Waals surface area contributed by atoms with Crippen LogP contribution in [0.1, 0.15) is 38.7 Å². The van der Waals surface area contributed by atoms with Crippen LogP contribution in [0.3, 0.4) is 0 Å². The highest BCUT2D eigenvalue weighted by Crippen LogP contribution is 2.48. The van der Waals surface area contributed by atoms with Crippen molar-refractivity contribution in [2.24, 2.45) is 5.41 Å². The number of methoxy groups -OCH3 is 1. The van der Waals surface area contributed by atoms with Crippen molar-refractivity contribution in [2.75, 3.05) is 7.11 Å². The third-order valence-corrected chi connectivity index (χ3v) is 4.40. The van der Waals surface area contributed by atoms with Crippen LogP contribution in [-0.4, -0.2) is 17.8 Å². The summed E-state index contributed by atoms with van der Waals surface area (Å²) in [5.41, 5.74) is -0.449. The number of halogens is 1. The van der Waals surface area contributed by atoms with Gasteiger partial charge < -0.3 is 9.84 Å². The van der Waals surface area contributed by atoms with Gasteiger partial charge in [0.2, 0.25) is 0 Å². The standard InChI is InChI=1S/C15H21FO2/c1-14(2)8-5-9-15(14,17)10-11-6-4-7-12(18-3)13(11)16/h4,6-7,17H,5,8-10H2,1-3H3. The second-order valence-corrected chi connectivity index (χ2v) is 5.88. The molecule has 18 heavy (non-hydrogen) atoms. The van der Waals surface area contributed by atoms with Crippen molar-refractivity contribution >= 4 is 0 Å². The van der Waals surface area contributed by atoms with Crippen molar-refractivity contribution in [1.82, 2.24) is 0 Å². The van der Waals surface area contributed by atoms with Gasteiger partial charge in [-0.2, -0.15) is 0 Å². The lowest BCUT2D eigenvalue weighted by molar-refractivity contribution is -0.0425. The topological polar surface area (TPSA) is 29.5 Å². The van der Waals surface area contributed by atoms with Crippen molar-refractivity contribution < 1.29 is 14.2 Å². The molecule has 1 aliphatic carbocycles. The lowest BCUT2D eigenvalue weighted by Gasteiger charge is -2.37. The van der Waals surface area contributed by atoms with E-state index < -0.39 is 5.60 Å². The summed E-state index contributed by atoms with van der Waals surface area (Å²) in [5.74, 6) is -0.108. The van der Waals surface area contributed by atoms with E-state index in [1.807, 2.05) is 0 Å². The first kappa shape index (κ1) is 13.3.